The molecule has 1 aromatic heterocycles. The minimum absolute atomic E-state index is 0.238. The molecule has 0 saturated heterocycles. The molecule has 17 heavy (non-hydrogen) atoms. The number of allylic oxidation sites excluding steroid dienone is 1. The fourth-order valence-electron chi connectivity index (χ4n) is 2.03. The number of nitrogens with zero attached hydrogens (tertiary/aromatic N) is 1. The highest BCUT2D eigenvalue weighted by Crippen LogP contribution is 2.31. The van der Waals surface area contributed by atoms with Crippen LogP contribution in [-0.4, -0.2) is 25.6 Å². The molecule has 1 aromatic rings. The standard InChI is InChI=1S/C13H16N2OS/c1-8(7-14-3)12-10-6-9(2)17-13(10)11(16)4-5-15-12/h6-7,15H,4-5H2,1-3H3/b12-8-,14-7-. The van der Waals surface area contributed by atoms with Crippen molar-refractivity contribution < 1.29 is 4.79 Å². The van der Waals surface area contributed by atoms with Crippen molar-refractivity contribution >= 4 is 29.0 Å². The highest BCUT2D eigenvalue weighted by atomic mass is 32.1. The number of hydrogen-bond donors (Lipinski definition) is 1. The predicted octanol–water partition coefficient (Wildman–Crippen LogP) is 2.66. The summed E-state index contributed by atoms with van der Waals surface area (Å²) in [6.07, 6.45) is 2.39. The van der Waals surface area contributed by atoms with E-state index in [4.69, 9.17) is 0 Å². The van der Waals surface area contributed by atoms with Gasteiger partial charge in [0.25, 0.3) is 0 Å². The molecule has 1 aliphatic heterocycles. The monoisotopic (exact) mass is 248 g/mol. The summed E-state index contributed by atoms with van der Waals surface area (Å²) in [5.41, 5.74) is 3.15. The van der Waals surface area contributed by atoms with Gasteiger partial charge >= 0.3 is 0 Å². The van der Waals surface area contributed by atoms with Crippen molar-refractivity contribution in [2.75, 3.05) is 13.6 Å². The van der Waals surface area contributed by atoms with Crippen LogP contribution in [-0.2, 0) is 0 Å². The largest absolute Gasteiger partial charge is 0.384 e. The lowest BCUT2D eigenvalue weighted by molar-refractivity contribution is 0.0989. The van der Waals surface area contributed by atoms with E-state index in [1.54, 1.807) is 18.4 Å². The number of thiophene rings is 1. The van der Waals surface area contributed by atoms with Crippen LogP contribution >= 0.6 is 11.3 Å². The Balaban J connectivity index is 2.59. The molecule has 1 aliphatic rings. The van der Waals surface area contributed by atoms with Crippen LogP contribution in [0.15, 0.2) is 16.6 Å². The number of nitrogens with one attached hydrogen (secondary N) is 1. The van der Waals surface area contributed by atoms with Crippen molar-refractivity contribution in [2.24, 2.45) is 4.99 Å². The summed E-state index contributed by atoms with van der Waals surface area (Å²) in [6.45, 7) is 4.75. The molecule has 0 aromatic carbocycles. The number of carbonyl (C=O) groups is 1. The Morgan fingerprint density at radius 2 is 2.35 bits per heavy atom. The Morgan fingerprint density at radius 3 is 3.06 bits per heavy atom. The van der Waals surface area contributed by atoms with Crippen molar-refractivity contribution in [3.63, 3.8) is 0 Å². The average Bonchev–Trinajstić information content (AvgIpc) is 2.59. The molecule has 0 aliphatic carbocycles. The van der Waals surface area contributed by atoms with E-state index in [0.29, 0.717) is 13.0 Å². The van der Waals surface area contributed by atoms with Gasteiger partial charge in [-0.15, -0.1) is 11.3 Å². The Kier molecular flexibility index (Phi) is 3.43. The van der Waals surface area contributed by atoms with Gasteiger partial charge in [-0.1, -0.05) is 0 Å². The molecular weight excluding hydrogens is 232 g/mol. The molecule has 3 nitrogen and oxygen atoms in total. The van der Waals surface area contributed by atoms with E-state index in [1.807, 2.05) is 20.1 Å². The first kappa shape index (κ1) is 12.0. The van der Waals surface area contributed by atoms with Gasteiger partial charge in [0.1, 0.15) is 0 Å². The highest BCUT2D eigenvalue weighted by Gasteiger charge is 2.22. The number of aliphatic imine (C=N–C) groups is 1. The Morgan fingerprint density at radius 1 is 1.59 bits per heavy atom. The van der Waals surface area contributed by atoms with Gasteiger partial charge in [0.2, 0.25) is 0 Å². The van der Waals surface area contributed by atoms with E-state index in [2.05, 4.69) is 16.4 Å². The first-order valence-electron chi connectivity index (χ1n) is 5.64. The molecule has 2 rings (SSSR count). The number of fused-ring (bicyclic) bond motifs is 1. The average molecular weight is 248 g/mol. The van der Waals surface area contributed by atoms with E-state index >= 15 is 0 Å². The topological polar surface area (TPSA) is 41.5 Å². The third-order valence-corrected chi connectivity index (χ3v) is 3.84. The maximum Gasteiger partial charge on any atom is 0.175 e. The maximum absolute atomic E-state index is 12.0. The quantitative estimate of drug-likeness (QED) is 0.776. The summed E-state index contributed by atoms with van der Waals surface area (Å²) >= 11 is 1.58. The summed E-state index contributed by atoms with van der Waals surface area (Å²) in [5.74, 6) is 0.238. The first-order chi connectivity index (χ1) is 8.13. The SMILES string of the molecule is C/N=C\C(C)=C1/NCCC(=O)c2sc(C)cc21. The highest BCUT2D eigenvalue weighted by molar-refractivity contribution is 7.14. The zero-order valence-corrected chi connectivity index (χ0v) is 11.1. The second kappa shape index (κ2) is 4.84. The summed E-state index contributed by atoms with van der Waals surface area (Å²) in [6, 6.07) is 2.08. The molecule has 1 N–H and O–H groups in total. The normalized spacial score (nSPS) is 18.9. The summed E-state index contributed by atoms with van der Waals surface area (Å²) in [5, 5.41) is 3.34. The van der Waals surface area contributed by atoms with Crippen LogP contribution in [0.2, 0.25) is 0 Å². The van der Waals surface area contributed by atoms with E-state index in [0.717, 1.165) is 21.7 Å². The number of aryl methyl sites for hydroxylation is 1. The van der Waals surface area contributed by atoms with E-state index in [9.17, 15) is 4.79 Å². The Hall–Kier alpha value is -1.42. The molecule has 4 heteroatoms. The van der Waals surface area contributed by atoms with Gasteiger partial charge in [-0.25, -0.2) is 0 Å². The van der Waals surface area contributed by atoms with Gasteiger partial charge in [0.15, 0.2) is 5.78 Å². The number of ketones is 1. The van der Waals surface area contributed by atoms with Gasteiger partial charge in [-0.2, -0.15) is 0 Å². The fraction of sp³-hybridized carbons (Fsp3) is 0.385. The Bertz CT molecular complexity index is 511. The van der Waals surface area contributed by atoms with Crippen LogP contribution in [0.3, 0.4) is 0 Å². The summed E-state index contributed by atoms with van der Waals surface area (Å²) < 4.78 is 0. The van der Waals surface area contributed by atoms with Gasteiger partial charge in [-0.3, -0.25) is 9.79 Å². The molecule has 0 unspecified atom stereocenters. The first-order valence-corrected chi connectivity index (χ1v) is 6.46. The van der Waals surface area contributed by atoms with Crippen molar-refractivity contribution in [1.29, 1.82) is 0 Å². The number of Topliss-reactive ketones (excluding diaryl/α,β-unsaturated/α-hetero) is 1. The molecule has 0 bridgehead atoms. The van der Waals surface area contributed by atoms with Crippen LogP contribution in [0.5, 0.6) is 0 Å². The minimum Gasteiger partial charge on any atom is -0.384 e. The lowest BCUT2D eigenvalue weighted by Gasteiger charge is -2.09. The second-order valence-electron chi connectivity index (χ2n) is 4.15. The van der Waals surface area contributed by atoms with Gasteiger partial charge in [0.05, 0.1) is 4.88 Å². The molecule has 2 heterocycles. The van der Waals surface area contributed by atoms with Gasteiger partial charge in [0, 0.05) is 42.4 Å². The van der Waals surface area contributed by atoms with Crippen LogP contribution in [0.1, 0.15) is 33.5 Å². The lowest BCUT2D eigenvalue weighted by Crippen LogP contribution is -2.14. The smallest absolute Gasteiger partial charge is 0.175 e. The number of rotatable bonds is 1. The summed E-state index contributed by atoms with van der Waals surface area (Å²) in [4.78, 5) is 18.0. The van der Waals surface area contributed by atoms with Gasteiger partial charge < -0.3 is 5.32 Å². The van der Waals surface area contributed by atoms with Crippen LogP contribution in [0.25, 0.3) is 5.70 Å². The lowest BCUT2D eigenvalue weighted by atomic mass is 10.1. The summed E-state index contributed by atoms with van der Waals surface area (Å²) in [7, 11) is 1.76. The molecule has 90 valence electrons. The molecule has 0 saturated carbocycles. The predicted molar refractivity (Wildman–Crippen MR) is 73.0 cm³/mol. The zero-order valence-electron chi connectivity index (χ0n) is 10.3. The second-order valence-corrected chi connectivity index (χ2v) is 5.40. The third kappa shape index (κ3) is 2.31. The van der Waals surface area contributed by atoms with E-state index in [1.165, 1.54) is 4.88 Å². The molecule has 0 spiro atoms. The molecule has 0 atom stereocenters. The minimum atomic E-state index is 0.238. The molecular formula is C13H16N2OS. The third-order valence-electron chi connectivity index (χ3n) is 2.75. The van der Waals surface area contributed by atoms with Crippen molar-refractivity contribution in [1.82, 2.24) is 5.32 Å². The van der Waals surface area contributed by atoms with Crippen molar-refractivity contribution in [2.45, 2.75) is 20.3 Å². The van der Waals surface area contributed by atoms with E-state index < -0.39 is 0 Å². The number of hydrogen-bond acceptors (Lipinski definition) is 4. The van der Waals surface area contributed by atoms with E-state index in [-0.39, 0.29) is 5.78 Å². The van der Waals surface area contributed by atoms with Crippen molar-refractivity contribution in [3.8, 4) is 0 Å². The zero-order chi connectivity index (χ0) is 12.4. The van der Waals surface area contributed by atoms with Crippen LogP contribution in [0, 0.1) is 6.92 Å². The molecule has 0 amide bonds. The molecule has 0 fully saturated rings. The molecule has 0 radical (unpaired) electrons. The van der Waals surface area contributed by atoms with Crippen molar-refractivity contribution in [3.05, 3.63) is 27.0 Å². The Labute approximate surface area is 105 Å². The fourth-order valence-corrected chi connectivity index (χ4v) is 3.01. The maximum atomic E-state index is 12.0. The van der Waals surface area contributed by atoms with Crippen LogP contribution in [0.4, 0.5) is 0 Å². The number of carbonyl (C=O) groups excluding carboxylic acids is 1. The van der Waals surface area contributed by atoms with Gasteiger partial charge in [-0.05, 0) is 25.5 Å². The van der Waals surface area contributed by atoms with Crippen LogP contribution < -0.4 is 5.32 Å².